The van der Waals surface area contributed by atoms with Crippen molar-refractivity contribution in [2.45, 2.75) is 6.42 Å². The molecule has 92 valence electrons. The summed E-state index contributed by atoms with van der Waals surface area (Å²) in [6.07, 6.45) is 1.12. The van der Waals surface area contributed by atoms with Gasteiger partial charge in [0.25, 0.3) is 0 Å². The number of para-hydroxylation sites is 1. The van der Waals surface area contributed by atoms with Crippen LogP contribution in [0.4, 0.5) is 5.69 Å². The lowest BCUT2D eigenvalue weighted by atomic mass is 10.1. The summed E-state index contributed by atoms with van der Waals surface area (Å²) in [5, 5.41) is 7.58. The van der Waals surface area contributed by atoms with Gasteiger partial charge in [0.05, 0.1) is 6.61 Å². The summed E-state index contributed by atoms with van der Waals surface area (Å²) in [7, 11) is 2.04. The molecular weight excluding hydrogens is 214 g/mol. The summed E-state index contributed by atoms with van der Waals surface area (Å²) in [5.74, 6) is 0.704. The molecule has 1 heterocycles. The minimum atomic E-state index is 0.120. The number of ether oxygens (including phenoxy) is 1. The van der Waals surface area contributed by atoms with Crippen LogP contribution in [0.1, 0.15) is 12.0 Å². The summed E-state index contributed by atoms with van der Waals surface area (Å²) in [6, 6.07) is 7.78. The standard InChI is InChI=1S/C13H19N3O/c1-16(8-10-6-7-17-9-10)12-5-3-2-4-11(12)13(14)15/h2-5,10H,6-9H2,1H3,(H3,14,15). The van der Waals surface area contributed by atoms with Crippen LogP contribution in [0.2, 0.25) is 0 Å². The maximum absolute atomic E-state index is 7.58. The number of hydrogen-bond donors (Lipinski definition) is 2. The molecule has 1 unspecified atom stereocenters. The van der Waals surface area contributed by atoms with Crippen LogP contribution in [0.3, 0.4) is 0 Å². The first-order chi connectivity index (χ1) is 8.18. The molecule has 0 spiro atoms. The van der Waals surface area contributed by atoms with Crippen molar-refractivity contribution >= 4 is 11.5 Å². The quantitative estimate of drug-likeness (QED) is 0.611. The summed E-state index contributed by atoms with van der Waals surface area (Å²) in [4.78, 5) is 2.16. The summed E-state index contributed by atoms with van der Waals surface area (Å²) >= 11 is 0. The lowest BCUT2D eigenvalue weighted by Crippen LogP contribution is -2.28. The van der Waals surface area contributed by atoms with Crippen molar-refractivity contribution in [3.05, 3.63) is 29.8 Å². The average Bonchev–Trinajstić information content (AvgIpc) is 2.81. The molecule has 1 atom stereocenters. The lowest BCUT2D eigenvalue weighted by molar-refractivity contribution is 0.186. The number of hydrogen-bond acceptors (Lipinski definition) is 3. The molecule has 0 saturated carbocycles. The number of rotatable bonds is 4. The molecule has 0 aliphatic carbocycles. The Labute approximate surface area is 102 Å². The Balaban J connectivity index is 2.12. The molecule has 1 aromatic rings. The molecule has 0 bridgehead atoms. The maximum atomic E-state index is 7.58. The van der Waals surface area contributed by atoms with Crippen molar-refractivity contribution in [1.82, 2.24) is 0 Å². The van der Waals surface area contributed by atoms with Gasteiger partial charge >= 0.3 is 0 Å². The van der Waals surface area contributed by atoms with Crippen LogP contribution in [-0.2, 0) is 4.74 Å². The Hall–Kier alpha value is -1.55. The molecule has 17 heavy (non-hydrogen) atoms. The van der Waals surface area contributed by atoms with Crippen LogP contribution in [0.15, 0.2) is 24.3 Å². The fourth-order valence-corrected chi connectivity index (χ4v) is 2.25. The van der Waals surface area contributed by atoms with E-state index in [-0.39, 0.29) is 5.84 Å². The van der Waals surface area contributed by atoms with Crippen LogP contribution >= 0.6 is 0 Å². The third-order valence-corrected chi connectivity index (χ3v) is 3.16. The second kappa shape index (κ2) is 5.19. The summed E-state index contributed by atoms with van der Waals surface area (Å²) in [6.45, 7) is 2.66. The number of nitrogens with two attached hydrogens (primary N) is 1. The first kappa shape index (κ1) is 11.9. The largest absolute Gasteiger partial charge is 0.384 e. The van der Waals surface area contributed by atoms with Gasteiger partial charge in [0.15, 0.2) is 0 Å². The van der Waals surface area contributed by atoms with Crippen molar-refractivity contribution in [2.24, 2.45) is 11.7 Å². The fraction of sp³-hybridized carbons (Fsp3) is 0.462. The Morgan fingerprint density at radius 2 is 2.29 bits per heavy atom. The lowest BCUT2D eigenvalue weighted by Gasteiger charge is -2.24. The predicted octanol–water partition coefficient (Wildman–Crippen LogP) is 1.44. The Bertz CT molecular complexity index is 399. The SMILES string of the molecule is CN(CC1CCOC1)c1ccccc1C(=N)N. The molecule has 4 heteroatoms. The molecule has 4 nitrogen and oxygen atoms in total. The first-order valence-corrected chi connectivity index (χ1v) is 5.91. The minimum absolute atomic E-state index is 0.120. The molecule has 1 aromatic carbocycles. The number of nitrogens with zero attached hydrogens (tertiary/aromatic N) is 1. The maximum Gasteiger partial charge on any atom is 0.124 e. The molecule has 0 radical (unpaired) electrons. The second-order valence-corrected chi connectivity index (χ2v) is 4.54. The highest BCUT2D eigenvalue weighted by atomic mass is 16.5. The second-order valence-electron chi connectivity index (χ2n) is 4.54. The third-order valence-electron chi connectivity index (χ3n) is 3.16. The first-order valence-electron chi connectivity index (χ1n) is 5.91. The van der Waals surface area contributed by atoms with E-state index in [0.29, 0.717) is 5.92 Å². The van der Waals surface area contributed by atoms with Crippen molar-refractivity contribution < 1.29 is 4.74 Å². The predicted molar refractivity (Wildman–Crippen MR) is 69.7 cm³/mol. The van der Waals surface area contributed by atoms with E-state index in [4.69, 9.17) is 15.9 Å². The van der Waals surface area contributed by atoms with E-state index in [1.165, 1.54) is 0 Å². The van der Waals surface area contributed by atoms with Crippen LogP contribution in [0, 0.1) is 11.3 Å². The van der Waals surface area contributed by atoms with E-state index in [2.05, 4.69) is 4.90 Å². The van der Waals surface area contributed by atoms with Crippen molar-refractivity contribution in [1.29, 1.82) is 5.41 Å². The molecule has 1 aliphatic rings. The van der Waals surface area contributed by atoms with E-state index in [1.54, 1.807) is 0 Å². The van der Waals surface area contributed by atoms with Crippen LogP contribution in [0.25, 0.3) is 0 Å². The average molecular weight is 233 g/mol. The Kier molecular flexibility index (Phi) is 3.64. The number of nitrogen functional groups attached to an aromatic ring is 1. The topological polar surface area (TPSA) is 62.3 Å². The van der Waals surface area contributed by atoms with Gasteiger partial charge in [0.1, 0.15) is 5.84 Å². The van der Waals surface area contributed by atoms with Crippen LogP contribution in [0.5, 0.6) is 0 Å². The molecule has 1 saturated heterocycles. The van der Waals surface area contributed by atoms with E-state index in [0.717, 1.165) is 37.4 Å². The number of amidine groups is 1. The van der Waals surface area contributed by atoms with Gasteiger partial charge in [-0.25, -0.2) is 0 Å². The highest BCUT2D eigenvalue weighted by Crippen LogP contribution is 2.22. The third kappa shape index (κ3) is 2.77. The van der Waals surface area contributed by atoms with Crippen molar-refractivity contribution in [2.75, 3.05) is 31.7 Å². The monoisotopic (exact) mass is 233 g/mol. The highest BCUT2D eigenvalue weighted by Gasteiger charge is 2.19. The van der Waals surface area contributed by atoms with Gasteiger partial charge in [-0.15, -0.1) is 0 Å². The van der Waals surface area contributed by atoms with E-state index in [9.17, 15) is 0 Å². The van der Waals surface area contributed by atoms with Gasteiger partial charge in [0, 0.05) is 37.4 Å². The number of benzene rings is 1. The molecule has 0 aromatic heterocycles. The van der Waals surface area contributed by atoms with Crippen LogP contribution in [-0.4, -0.2) is 32.6 Å². The zero-order chi connectivity index (χ0) is 12.3. The summed E-state index contributed by atoms with van der Waals surface area (Å²) < 4.78 is 5.38. The minimum Gasteiger partial charge on any atom is -0.384 e. The normalized spacial score (nSPS) is 19.2. The van der Waals surface area contributed by atoms with Gasteiger partial charge in [-0.05, 0) is 18.6 Å². The molecule has 1 fully saturated rings. The zero-order valence-corrected chi connectivity index (χ0v) is 10.1. The van der Waals surface area contributed by atoms with Crippen molar-refractivity contribution in [3.63, 3.8) is 0 Å². The van der Waals surface area contributed by atoms with E-state index >= 15 is 0 Å². The van der Waals surface area contributed by atoms with E-state index < -0.39 is 0 Å². The number of anilines is 1. The fourth-order valence-electron chi connectivity index (χ4n) is 2.25. The van der Waals surface area contributed by atoms with Gasteiger partial charge in [-0.2, -0.15) is 0 Å². The molecule has 0 amide bonds. The zero-order valence-electron chi connectivity index (χ0n) is 10.1. The van der Waals surface area contributed by atoms with Crippen molar-refractivity contribution in [3.8, 4) is 0 Å². The number of nitrogens with one attached hydrogen (secondary N) is 1. The molecular formula is C13H19N3O. The summed E-state index contributed by atoms with van der Waals surface area (Å²) in [5.41, 5.74) is 7.41. The highest BCUT2D eigenvalue weighted by molar-refractivity contribution is 6.00. The Morgan fingerprint density at radius 1 is 1.53 bits per heavy atom. The molecule has 1 aliphatic heterocycles. The van der Waals surface area contributed by atoms with Gasteiger partial charge in [-0.3, -0.25) is 5.41 Å². The smallest absolute Gasteiger partial charge is 0.124 e. The van der Waals surface area contributed by atoms with Gasteiger partial charge < -0.3 is 15.4 Å². The Morgan fingerprint density at radius 3 is 2.94 bits per heavy atom. The molecule has 3 N–H and O–H groups in total. The van der Waals surface area contributed by atoms with Gasteiger partial charge in [0.2, 0.25) is 0 Å². The van der Waals surface area contributed by atoms with E-state index in [1.807, 2.05) is 31.3 Å². The van der Waals surface area contributed by atoms with Gasteiger partial charge in [-0.1, -0.05) is 12.1 Å². The molecule has 2 rings (SSSR count). The van der Waals surface area contributed by atoms with Crippen LogP contribution < -0.4 is 10.6 Å².